The van der Waals surface area contributed by atoms with Crippen LogP contribution in [0, 0.1) is 11.7 Å². The highest BCUT2D eigenvalue weighted by Gasteiger charge is 2.33. The van der Waals surface area contributed by atoms with Crippen LogP contribution in [0.2, 0.25) is 0 Å². The molecule has 1 atom stereocenters. The molecule has 132 valence electrons. The number of carbonyl (C=O) groups is 1. The molecule has 1 aliphatic heterocycles. The predicted molar refractivity (Wildman–Crippen MR) is 91.4 cm³/mol. The van der Waals surface area contributed by atoms with Crippen molar-refractivity contribution in [3.05, 3.63) is 47.8 Å². The highest BCUT2D eigenvalue weighted by molar-refractivity contribution is 5.79. The van der Waals surface area contributed by atoms with Crippen LogP contribution in [0.15, 0.2) is 30.6 Å². The highest BCUT2D eigenvalue weighted by atomic mass is 19.1. The summed E-state index contributed by atoms with van der Waals surface area (Å²) in [7, 11) is 0. The van der Waals surface area contributed by atoms with E-state index in [0.29, 0.717) is 12.5 Å². The van der Waals surface area contributed by atoms with Crippen molar-refractivity contribution >= 4 is 5.91 Å². The Morgan fingerprint density at radius 3 is 2.68 bits per heavy atom. The van der Waals surface area contributed by atoms with Gasteiger partial charge >= 0.3 is 0 Å². The topological polar surface area (TPSA) is 51.0 Å². The molecule has 2 heterocycles. The SMILES string of the molecule is O=C(C1CCC1)N1CCCC(c2ncnn2Cc2ccc(F)cc2)C1. The lowest BCUT2D eigenvalue weighted by atomic mass is 9.83. The lowest BCUT2D eigenvalue weighted by Gasteiger charge is -2.37. The second-order valence-electron chi connectivity index (χ2n) is 7.15. The molecule has 2 aliphatic rings. The second kappa shape index (κ2) is 6.94. The Kier molecular flexibility index (Phi) is 4.51. The van der Waals surface area contributed by atoms with Crippen molar-refractivity contribution in [2.75, 3.05) is 13.1 Å². The van der Waals surface area contributed by atoms with Crippen molar-refractivity contribution in [2.45, 2.75) is 44.6 Å². The molecule has 2 fully saturated rings. The summed E-state index contributed by atoms with van der Waals surface area (Å²) in [6, 6.07) is 6.47. The molecule has 1 saturated heterocycles. The molecule has 25 heavy (non-hydrogen) atoms. The summed E-state index contributed by atoms with van der Waals surface area (Å²) in [6.07, 6.45) is 6.87. The largest absolute Gasteiger partial charge is 0.342 e. The Labute approximate surface area is 146 Å². The highest BCUT2D eigenvalue weighted by Crippen LogP contribution is 2.32. The maximum atomic E-state index is 13.1. The minimum absolute atomic E-state index is 0.223. The number of nitrogens with zero attached hydrogens (tertiary/aromatic N) is 4. The number of hydrogen-bond donors (Lipinski definition) is 0. The first kappa shape index (κ1) is 16.2. The van der Waals surface area contributed by atoms with Crippen molar-refractivity contribution in [2.24, 2.45) is 5.92 Å². The van der Waals surface area contributed by atoms with Crippen LogP contribution in [0.4, 0.5) is 4.39 Å². The Balaban J connectivity index is 1.47. The van der Waals surface area contributed by atoms with Gasteiger partial charge in [0.25, 0.3) is 0 Å². The van der Waals surface area contributed by atoms with Gasteiger partial charge < -0.3 is 4.90 Å². The molecule has 0 N–H and O–H groups in total. The summed E-state index contributed by atoms with van der Waals surface area (Å²) >= 11 is 0. The molecule has 0 spiro atoms. The molecule has 1 amide bonds. The van der Waals surface area contributed by atoms with Crippen LogP contribution in [-0.2, 0) is 11.3 Å². The van der Waals surface area contributed by atoms with Crippen LogP contribution in [-0.4, -0.2) is 38.7 Å². The number of rotatable bonds is 4. The van der Waals surface area contributed by atoms with Gasteiger partial charge in [0, 0.05) is 24.9 Å². The Morgan fingerprint density at radius 1 is 1.16 bits per heavy atom. The van der Waals surface area contributed by atoms with Gasteiger partial charge in [-0.15, -0.1) is 0 Å². The molecule has 6 heteroatoms. The number of likely N-dealkylation sites (tertiary alicyclic amines) is 1. The molecular weight excluding hydrogens is 319 g/mol. The zero-order chi connectivity index (χ0) is 17.2. The van der Waals surface area contributed by atoms with E-state index in [4.69, 9.17) is 0 Å². The number of piperidine rings is 1. The van der Waals surface area contributed by atoms with Gasteiger partial charge in [0.1, 0.15) is 18.0 Å². The minimum atomic E-state index is -0.236. The molecule has 0 radical (unpaired) electrons. The van der Waals surface area contributed by atoms with Crippen LogP contribution >= 0.6 is 0 Å². The van der Waals surface area contributed by atoms with E-state index < -0.39 is 0 Å². The quantitative estimate of drug-likeness (QED) is 0.858. The van der Waals surface area contributed by atoms with Gasteiger partial charge in [0.05, 0.1) is 6.54 Å². The van der Waals surface area contributed by atoms with E-state index in [0.717, 1.165) is 50.2 Å². The molecular formula is C19H23FN4O. The third-order valence-electron chi connectivity index (χ3n) is 5.44. The first-order valence-electron chi connectivity index (χ1n) is 9.11. The van der Waals surface area contributed by atoms with Crippen molar-refractivity contribution in [3.8, 4) is 0 Å². The van der Waals surface area contributed by atoms with Gasteiger partial charge in [-0.3, -0.25) is 4.79 Å². The standard InChI is InChI=1S/C19H23FN4O/c20-17-8-6-14(7-9-17)11-24-18(21-13-22-24)16-5-2-10-23(12-16)19(25)15-3-1-4-15/h6-9,13,15-16H,1-5,10-12H2. The molecule has 1 unspecified atom stereocenters. The first-order valence-corrected chi connectivity index (χ1v) is 9.11. The van der Waals surface area contributed by atoms with Crippen molar-refractivity contribution in [3.63, 3.8) is 0 Å². The lowest BCUT2D eigenvalue weighted by molar-refractivity contribution is -0.139. The Hall–Kier alpha value is -2.24. The van der Waals surface area contributed by atoms with Gasteiger partial charge in [-0.25, -0.2) is 14.1 Å². The average Bonchev–Trinajstić information content (AvgIpc) is 3.04. The maximum Gasteiger partial charge on any atom is 0.225 e. The fraction of sp³-hybridized carbons (Fsp3) is 0.526. The van der Waals surface area contributed by atoms with Gasteiger partial charge in [-0.05, 0) is 43.4 Å². The van der Waals surface area contributed by atoms with Gasteiger partial charge in [-0.2, -0.15) is 5.10 Å². The maximum absolute atomic E-state index is 13.1. The van der Waals surface area contributed by atoms with E-state index in [1.54, 1.807) is 18.5 Å². The molecule has 5 nitrogen and oxygen atoms in total. The fourth-order valence-corrected chi connectivity index (χ4v) is 3.78. The zero-order valence-corrected chi connectivity index (χ0v) is 14.3. The Morgan fingerprint density at radius 2 is 1.96 bits per heavy atom. The molecule has 1 aliphatic carbocycles. The van der Waals surface area contributed by atoms with Crippen LogP contribution < -0.4 is 0 Å². The van der Waals surface area contributed by atoms with Crippen LogP contribution in [0.25, 0.3) is 0 Å². The zero-order valence-electron chi connectivity index (χ0n) is 14.3. The average molecular weight is 342 g/mol. The summed E-state index contributed by atoms with van der Waals surface area (Å²) in [5.41, 5.74) is 0.992. The van der Waals surface area contributed by atoms with Gasteiger partial charge in [-0.1, -0.05) is 18.6 Å². The third-order valence-corrected chi connectivity index (χ3v) is 5.44. The minimum Gasteiger partial charge on any atom is -0.342 e. The summed E-state index contributed by atoms with van der Waals surface area (Å²) in [4.78, 5) is 19.0. The van der Waals surface area contributed by atoms with Crippen LogP contribution in [0.1, 0.15) is 49.4 Å². The molecule has 1 saturated carbocycles. The van der Waals surface area contributed by atoms with E-state index in [1.807, 2.05) is 9.58 Å². The molecule has 0 bridgehead atoms. The van der Waals surface area contributed by atoms with E-state index in [9.17, 15) is 9.18 Å². The van der Waals surface area contributed by atoms with E-state index >= 15 is 0 Å². The van der Waals surface area contributed by atoms with E-state index in [-0.39, 0.29) is 17.7 Å². The lowest BCUT2D eigenvalue weighted by Crippen LogP contribution is -2.44. The van der Waals surface area contributed by atoms with Crippen molar-refractivity contribution in [1.82, 2.24) is 19.7 Å². The normalized spacial score (nSPS) is 21.2. The summed E-state index contributed by atoms with van der Waals surface area (Å²) < 4.78 is 15.0. The van der Waals surface area contributed by atoms with Gasteiger partial charge in [0.2, 0.25) is 5.91 Å². The second-order valence-corrected chi connectivity index (χ2v) is 7.15. The number of amides is 1. The molecule has 1 aromatic heterocycles. The molecule has 4 rings (SSSR count). The number of hydrogen-bond acceptors (Lipinski definition) is 3. The van der Waals surface area contributed by atoms with Gasteiger partial charge in [0.15, 0.2) is 0 Å². The van der Waals surface area contributed by atoms with Crippen molar-refractivity contribution in [1.29, 1.82) is 0 Å². The van der Waals surface area contributed by atoms with E-state index in [1.165, 1.54) is 18.6 Å². The number of aromatic nitrogens is 3. The molecule has 2 aromatic rings. The van der Waals surface area contributed by atoms with E-state index in [2.05, 4.69) is 10.1 Å². The fourth-order valence-electron chi connectivity index (χ4n) is 3.78. The first-order chi connectivity index (χ1) is 12.2. The summed E-state index contributed by atoms with van der Waals surface area (Å²) in [5, 5.41) is 4.35. The Bertz CT molecular complexity index is 738. The number of carbonyl (C=O) groups excluding carboxylic acids is 1. The summed E-state index contributed by atoms with van der Waals surface area (Å²) in [5.74, 6) is 1.48. The summed E-state index contributed by atoms with van der Waals surface area (Å²) in [6.45, 7) is 2.16. The smallest absolute Gasteiger partial charge is 0.225 e. The van der Waals surface area contributed by atoms with Crippen LogP contribution in [0.5, 0.6) is 0 Å². The van der Waals surface area contributed by atoms with Crippen molar-refractivity contribution < 1.29 is 9.18 Å². The number of halogens is 1. The molecule has 1 aromatic carbocycles. The monoisotopic (exact) mass is 342 g/mol. The number of benzene rings is 1. The predicted octanol–water partition coefficient (Wildman–Crippen LogP) is 2.97. The third kappa shape index (κ3) is 3.43. The van der Waals surface area contributed by atoms with Crippen LogP contribution in [0.3, 0.4) is 0 Å².